The van der Waals surface area contributed by atoms with Crippen molar-refractivity contribution in [2.75, 3.05) is 0 Å². The number of pyridine rings is 1. The van der Waals surface area contributed by atoms with Crippen molar-refractivity contribution < 1.29 is 9.90 Å². The van der Waals surface area contributed by atoms with Gasteiger partial charge >= 0.3 is 5.97 Å². The molecule has 0 aliphatic rings. The number of carboxylic acids is 1. The fourth-order valence-corrected chi connectivity index (χ4v) is 1.48. The SMILES string of the molecule is Cc1cccc(Cn2nccc2C(=O)O)n1. The van der Waals surface area contributed by atoms with Gasteiger partial charge in [0, 0.05) is 11.9 Å². The predicted octanol–water partition coefficient (Wildman–Crippen LogP) is 1.33. The van der Waals surface area contributed by atoms with Crippen molar-refractivity contribution in [1.82, 2.24) is 14.8 Å². The van der Waals surface area contributed by atoms with Crippen molar-refractivity contribution in [3.8, 4) is 0 Å². The third-order valence-corrected chi connectivity index (χ3v) is 2.19. The van der Waals surface area contributed by atoms with Gasteiger partial charge in [-0.15, -0.1) is 0 Å². The summed E-state index contributed by atoms with van der Waals surface area (Å²) >= 11 is 0. The minimum absolute atomic E-state index is 0.170. The van der Waals surface area contributed by atoms with Crippen molar-refractivity contribution >= 4 is 5.97 Å². The second-order valence-electron chi connectivity index (χ2n) is 3.45. The van der Waals surface area contributed by atoms with E-state index in [0.29, 0.717) is 6.54 Å². The minimum atomic E-state index is -0.981. The second-order valence-corrected chi connectivity index (χ2v) is 3.45. The second kappa shape index (κ2) is 4.14. The molecule has 0 fully saturated rings. The zero-order valence-corrected chi connectivity index (χ0v) is 8.79. The van der Waals surface area contributed by atoms with E-state index in [9.17, 15) is 4.79 Å². The molecular weight excluding hydrogens is 206 g/mol. The Morgan fingerprint density at radius 3 is 2.94 bits per heavy atom. The van der Waals surface area contributed by atoms with Crippen molar-refractivity contribution in [1.29, 1.82) is 0 Å². The van der Waals surface area contributed by atoms with E-state index in [1.807, 2.05) is 25.1 Å². The molecule has 0 aliphatic heterocycles. The van der Waals surface area contributed by atoms with E-state index in [1.54, 1.807) is 0 Å². The maximum absolute atomic E-state index is 10.9. The molecule has 0 saturated carbocycles. The summed E-state index contributed by atoms with van der Waals surface area (Å²) in [6.45, 7) is 2.26. The molecule has 0 atom stereocenters. The molecule has 1 N–H and O–H groups in total. The van der Waals surface area contributed by atoms with E-state index in [1.165, 1.54) is 16.9 Å². The first-order valence-electron chi connectivity index (χ1n) is 4.84. The Labute approximate surface area is 92.4 Å². The van der Waals surface area contributed by atoms with E-state index in [2.05, 4.69) is 10.1 Å². The first-order chi connectivity index (χ1) is 7.66. The largest absolute Gasteiger partial charge is 0.477 e. The summed E-state index contributed by atoms with van der Waals surface area (Å²) in [6, 6.07) is 7.10. The van der Waals surface area contributed by atoms with Crippen LogP contribution in [-0.2, 0) is 6.54 Å². The Kier molecular flexibility index (Phi) is 2.68. The molecule has 0 spiro atoms. The summed E-state index contributed by atoms with van der Waals surface area (Å²) in [5.41, 5.74) is 1.87. The van der Waals surface area contributed by atoms with Crippen molar-refractivity contribution in [3.63, 3.8) is 0 Å². The molecule has 2 aromatic heterocycles. The molecule has 0 aliphatic carbocycles. The van der Waals surface area contributed by atoms with Crippen LogP contribution in [0.3, 0.4) is 0 Å². The van der Waals surface area contributed by atoms with Crippen LogP contribution in [0.25, 0.3) is 0 Å². The van der Waals surface area contributed by atoms with Gasteiger partial charge in [0.25, 0.3) is 0 Å². The van der Waals surface area contributed by atoms with Gasteiger partial charge in [-0.3, -0.25) is 9.67 Å². The van der Waals surface area contributed by atoms with Gasteiger partial charge in [0.15, 0.2) is 0 Å². The number of aryl methyl sites for hydroxylation is 1. The van der Waals surface area contributed by atoms with Crippen molar-refractivity contribution in [2.24, 2.45) is 0 Å². The van der Waals surface area contributed by atoms with Crippen LogP contribution in [0.15, 0.2) is 30.5 Å². The van der Waals surface area contributed by atoms with Gasteiger partial charge in [0.2, 0.25) is 0 Å². The Morgan fingerprint density at radius 1 is 1.44 bits per heavy atom. The third-order valence-electron chi connectivity index (χ3n) is 2.19. The summed E-state index contributed by atoms with van der Waals surface area (Å²) in [6.07, 6.45) is 1.47. The fraction of sp³-hybridized carbons (Fsp3) is 0.182. The van der Waals surface area contributed by atoms with E-state index in [-0.39, 0.29) is 5.69 Å². The number of aromatic carboxylic acids is 1. The van der Waals surface area contributed by atoms with Gasteiger partial charge in [-0.05, 0) is 25.1 Å². The quantitative estimate of drug-likeness (QED) is 0.842. The van der Waals surface area contributed by atoms with Crippen LogP contribution in [0, 0.1) is 6.92 Å². The van der Waals surface area contributed by atoms with E-state index < -0.39 is 5.97 Å². The summed E-state index contributed by atoms with van der Waals surface area (Å²) < 4.78 is 1.42. The average Bonchev–Trinajstić information content (AvgIpc) is 2.66. The number of nitrogens with zero attached hydrogens (tertiary/aromatic N) is 3. The lowest BCUT2D eigenvalue weighted by Crippen LogP contribution is -2.11. The lowest BCUT2D eigenvalue weighted by atomic mass is 10.3. The van der Waals surface area contributed by atoms with Crippen LogP contribution in [0.1, 0.15) is 21.9 Å². The molecule has 0 radical (unpaired) electrons. The van der Waals surface area contributed by atoms with Gasteiger partial charge in [-0.1, -0.05) is 6.07 Å². The lowest BCUT2D eigenvalue weighted by molar-refractivity contribution is 0.0684. The van der Waals surface area contributed by atoms with Gasteiger partial charge < -0.3 is 5.11 Å². The molecule has 0 aromatic carbocycles. The highest BCUT2D eigenvalue weighted by Gasteiger charge is 2.10. The highest BCUT2D eigenvalue weighted by molar-refractivity contribution is 5.85. The first-order valence-corrected chi connectivity index (χ1v) is 4.84. The summed E-state index contributed by atoms with van der Waals surface area (Å²) in [7, 11) is 0. The molecule has 0 bridgehead atoms. The monoisotopic (exact) mass is 217 g/mol. The molecule has 2 heterocycles. The summed E-state index contributed by atoms with van der Waals surface area (Å²) in [4.78, 5) is 15.2. The van der Waals surface area contributed by atoms with Crippen molar-refractivity contribution in [2.45, 2.75) is 13.5 Å². The van der Waals surface area contributed by atoms with E-state index in [0.717, 1.165) is 11.4 Å². The number of carboxylic acid groups (broad SMARTS) is 1. The number of aromatic nitrogens is 3. The molecule has 0 unspecified atom stereocenters. The summed E-state index contributed by atoms with van der Waals surface area (Å²) in [5.74, 6) is -0.981. The minimum Gasteiger partial charge on any atom is -0.477 e. The van der Waals surface area contributed by atoms with Gasteiger partial charge in [-0.2, -0.15) is 5.10 Å². The molecule has 0 saturated heterocycles. The molecule has 82 valence electrons. The number of carbonyl (C=O) groups is 1. The Hall–Kier alpha value is -2.17. The molecule has 16 heavy (non-hydrogen) atoms. The topological polar surface area (TPSA) is 68.0 Å². The van der Waals surface area contributed by atoms with Crippen LogP contribution in [0.4, 0.5) is 0 Å². The average molecular weight is 217 g/mol. The molecular formula is C11H11N3O2. The van der Waals surface area contributed by atoms with Gasteiger partial charge in [0.05, 0.1) is 12.2 Å². The predicted molar refractivity (Wildman–Crippen MR) is 57.3 cm³/mol. The Morgan fingerprint density at radius 2 is 2.25 bits per heavy atom. The van der Waals surface area contributed by atoms with Crippen LogP contribution >= 0.6 is 0 Å². The highest BCUT2D eigenvalue weighted by atomic mass is 16.4. The van der Waals surface area contributed by atoms with Crippen LogP contribution in [0.5, 0.6) is 0 Å². The van der Waals surface area contributed by atoms with Crippen LogP contribution in [0.2, 0.25) is 0 Å². The fourth-order valence-electron chi connectivity index (χ4n) is 1.48. The van der Waals surface area contributed by atoms with E-state index >= 15 is 0 Å². The zero-order valence-electron chi connectivity index (χ0n) is 8.79. The normalized spacial score (nSPS) is 10.3. The Bertz CT molecular complexity index is 519. The Balaban J connectivity index is 2.27. The van der Waals surface area contributed by atoms with Gasteiger partial charge in [0.1, 0.15) is 5.69 Å². The highest BCUT2D eigenvalue weighted by Crippen LogP contribution is 2.04. The number of hydrogen-bond acceptors (Lipinski definition) is 3. The molecule has 5 nitrogen and oxygen atoms in total. The van der Waals surface area contributed by atoms with Crippen molar-refractivity contribution in [3.05, 3.63) is 47.5 Å². The molecule has 5 heteroatoms. The first kappa shape index (κ1) is 10.4. The lowest BCUT2D eigenvalue weighted by Gasteiger charge is -2.04. The smallest absolute Gasteiger partial charge is 0.354 e. The third kappa shape index (κ3) is 2.08. The standard InChI is InChI=1S/C11H11N3O2/c1-8-3-2-4-9(13-8)7-14-10(11(15)16)5-6-12-14/h2-6H,7H2,1H3,(H,15,16). The maximum Gasteiger partial charge on any atom is 0.354 e. The zero-order chi connectivity index (χ0) is 11.5. The molecule has 2 aromatic rings. The number of rotatable bonds is 3. The molecule has 2 rings (SSSR count). The number of hydrogen-bond donors (Lipinski definition) is 1. The maximum atomic E-state index is 10.9. The van der Waals surface area contributed by atoms with Crippen LogP contribution in [-0.4, -0.2) is 25.8 Å². The van der Waals surface area contributed by atoms with E-state index in [4.69, 9.17) is 5.11 Å². The molecule has 0 amide bonds. The van der Waals surface area contributed by atoms with Gasteiger partial charge in [-0.25, -0.2) is 4.79 Å². The summed E-state index contributed by atoms with van der Waals surface area (Å²) in [5, 5.41) is 12.9. The van der Waals surface area contributed by atoms with Crippen LogP contribution < -0.4 is 0 Å².